The zero-order valence-corrected chi connectivity index (χ0v) is 13.8. The topological polar surface area (TPSA) is 68.0 Å². The largest absolute Gasteiger partial charge is 0.384 e. The van der Waals surface area contributed by atoms with Crippen LogP contribution in [0.2, 0.25) is 0 Å². The first kappa shape index (κ1) is 15.8. The summed E-state index contributed by atoms with van der Waals surface area (Å²) in [6.45, 7) is 10.7. The molecule has 1 heterocycles. The highest BCUT2D eigenvalue weighted by Gasteiger charge is 2.32. The van der Waals surface area contributed by atoms with Crippen molar-refractivity contribution in [2.45, 2.75) is 65.3 Å². The normalized spacial score (nSPS) is 21.3. The van der Waals surface area contributed by atoms with Gasteiger partial charge in [-0.3, -0.25) is 4.79 Å². The first-order chi connectivity index (χ1) is 9.57. The quantitative estimate of drug-likeness (QED) is 0.878. The van der Waals surface area contributed by atoms with Crippen molar-refractivity contribution in [1.29, 1.82) is 0 Å². The van der Waals surface area contributed by atoms with Crippen LogP contribution < -0.4 is 11.1 Å². The molecule has 3 N–H and O–H groups in total. The van der Waals surface area contributed by atoms with Gasteiger partial charge in [0.15, 0.2) is 0 Å². The summed E-state index contributed by atoms with van der Waals surface area (Å²) in [6.07, 6.45) is 3.24. The van der Waals surface area contributed by atoms with E-state index >= 15 is 0 Å². The average molecular weight is 289 g/mol. The number of pyridine rings is 1. The lowest BCUT2D eigenvalue weighted by Gasteiger charge is -2.20. The van der Waals surface area contributed by atoms with Crippen molar-refractivity contribution in [1.82, 2.24) is 10.3 Å². The van der Waals surface area contributed by atoms with Crippen LogP contribution in [0, 0.1) is 5.41 Å². The molecule has 1 aromatic heterocycles. The first-order valence-electron chi connectivity index (χ1n) is 7.66. The van der Waals surface area contributed by atoms with Gasteiger partial charge in [0.1, 0.15) is 5.82 Å². The average Bonchev–Trinajstić information content (AvgIpc) is 2.66. The molecule has 1 aliphatic carbocycles. The number of aromatic nitrogens is 1. The Morgan fingerprint density at radius 3 is 2.57 bits per heavy atom. The second-order valence-electron chi connectivity index (χ2n) is 7.99. The molecule has 116 valence electrons. The molecular formula is C17H27N3O. The van der Waals surface area contributed by atoms with Crippen LogP contribution in [0.15, 0.2) is 12.1 Å². The van der Waals surface area contributed by atoms with E-state index in [1.807, 2.05) is 6.07 Å². The SMILES string of the molecule is CC1(C)CCC(NC(=O)c2cc(N)nc(C(C)(C)C)c2)C1. The third-order valence-corrected chi connectivity index (χ3v) is 4.18. The van der Waals surface area contributed by atoms with Crippen LogP contribution in [0.3, 0.4) is 0 Å². The number of hydrogen-bond donors (Lipinski definition) is 2. The third kappa shape index (κ3) is 3.96. The Morgan fingerprint density at radius 2 is 2.05 bits per heavy atom. The summed E-state index contributed by atoms with van der Waals surface area (Å²) in [5.74, 6) is 0.358. The minimum absolute atomic E-state index is 0.0442. The molecular weight excluding hydrogens is 262 g/mol. The van der Waals surface area contributed by atoms with E-state index in [0.29, 0.717) is 16.8 Å². The van der Waals surface area contributed by atoms with Gasteiger partial charge in [0.25, 0.3) is 5.91 Å². The smallest absolute Gasteiger partial charge is 0.251 e. The monoisotopic (exact) mass is 289 g/mol. The molecule has 1 aromatic rings. The van der Waals surface area contributed by atoms with Gasteiger partial charge in [-0.2, -0.15) is 0 Å². The van der Waals surface area contributed by atoms with Gasteiger partial charge in [-0.05, 0) is 36.8 Å². The first-order valence-corrected chi connectivity index (χ1v) is 7.66. The Hall–Kier alpha value is -1.58. The standard InChI is InChI=1S/C17H27N3O/c1-16(2,3)13-8-11(9-14(18)20-13)15(21)19-12-6-7-17(4,5)10-12/h8-9,12H,6-7,10H2,1-5H3,(H2,18,20)(H,19,21). The fourth-order valence-corrected chi connectivity index (χ4v) is 2.90. The minimum Gasteiger partial charge on any atom is -0.384 e. The number of anilines is 1. The lowest BCUT2D eigenvalue weighted by atomic mass is 9.90. The molecule has 4 nitrogen and oxygen atoms in total. The van der Waals surface area contributed by atoms with Crippen molar-refractivity contribution in [2.24, 2.45) is 5.41 Å². The molecule has 1 atom stereocenters. The Labute approximate surface area is 127 Å². The van der Waals surface area contributed by atoms with Crippen molar-refractivity contribution in [3.05, 3.63) is 23.4 Å². The summed E-state index contributed by atoms with van der Waals surface area (Å²) in [7, 11) is 0. The predicted molar refractivity (Wildman–Crippen MR) is 86.2 cm³/mol. The summed E-state index contributed by atoms with van der Waals surface area (Å²) < 4.78 is 0. The van der Waals surface area contributed by atoms with Gasteiger partial charge >= 0.3 is 0 Å². The molecule has 21 heavy (non-hydrogen) atoms. The molecule has 0 aromatic carbocycles. The van der Waals surface area contributed by atoms with Crippen molar-refractivity contribution in [3.8, 4) is 0 Å². The molecule has 0 aliphatic heterocycles. The van der Waals surface area contributed by atoms with Crippen molar-refractivity contribution < 1.29 is 4.79 Å². The van der Waals surface area contributed by atoms with E-state index in [4.69, 9.17) is 5.73 Å². The van der Waals surface area contributed by atoms with E-state index in [9.17, 15) is 4.79 Å². The molecule has 0 saturated heterocycles. The molecule has 1 saturated carbocycles. The van der Waals surface area contributed by atoms with Gasteiger partial charge in [0, 0.05) is 22.7 Å². The van der Waals surface area contributed by atoms with E-state index < -0.39 is 0 Å². The van der Waals surface area contributed by atoms with Gasteiger partial charge in [-0.15, -0.1) is 0 Å². The Bertz CT molecular complexity index is 543. The zero-order chi connectivity index (χ0) is 15.8. The van der Waals surface area contributed by atoms with E-state index in [1.54, 1.807) is 6.07 Å². The van der Waals surface area contributed by atoms with Crippen LogP contribution in [0.4, 0.5) is 5.82 Å². The maximum Gasteiger partial charge on any atom is 0.251 e. The van der Waals surface area contributed by atoms with Gasteiger partial charge in [0.2, 0.25) is 0 Å². The summed E-state index contributed by atoms with van der Waals surface area (Å²) in [5, 5.41) is 3.13. The number of carbonyl (C=O) groups is 1. The number of amides is 1. The molecule has 1 aliphatic rings. The maximum atomic E-state index is 12.4. The van der Waals surface area contributed by atoms with Crippen LogP contribution in [0.5, 0.6) is 0 Å². The summed E-state index contributed by atoms with van der Waals surface area (Å²) in [4.78, 5) is 16.8. The number of carbonyl (C=O) groups excluding carboxylic acids is 1. The van der Waals surface area contributed by atoms with Gasteiger partial charge < -0.3 is 11.1 Å². The Kier molecular flexibility index (Phi) is 4.00. The third-order valence-electron chi connectivity index (χ3n) is 4.18. The lowest BCUT2D eigenvalue weighted by molar-refractivity contribution is 0.0936. The van der Waals surface area contributed by atoms with Crippen LogP contribution in [-0.2, 0) is 5.41 Å². The van der Waals surface area contributed by atoms with Crippen molar-refractivity contribution in [3.63, 3.8) is 0 Å². The van der Waals surface area contributed by atoms with Crippen LogP contribution >= 0.6 is 0 Å². The Balaban J connectivity index is 2.15. The Morgan fingerprint density at radius 1 is 1.38 bits per heavy atom. The number of rotatable bonds is 2. The van der Waals surface area contributed by atoms with E-state index in [-0.39, 0.29) is 17.4 Å². The number of nitrogens with zero attached hydrogens (tertiary/aromatic N) is 1. The van der Waals surface area contributed by atoms with Crippen LogP contribution in [0.25, 0.3) is 0 Å². The molecule has 0 radical (unpaired) electrons. The molecule has 1 fully saturated rings. The summed E-state index contributed by atoms with van der Waals surface area (Å²) in [6, 6.07) is 3.77. The van der Waals surface area contributed by atoms with Crippen molar-refractivity contribution >= 4 is 11.7 Å². The number of nitrogen functional groups attached to an aromatic ring is 1. The number of nitrogens with one attached hydrogen (secondary N) is 1. The number of nitrogens with two attached hydrogens (primary N) is 1. The second-order valence-corrected chi connectivity index (χ2v) is 7.99. The van der Waals surface area contributed by atoms with Crippen molar-refractivity contribution in [2.75, 3.05) is 5.73 Å². The lowest BCUT2D eigenvalue weighted by Crippen LogP contribution is -2.34. The molecule has 4 heteroatoms. The molecule has 1 amide bonds. The van der Waals surface area contributed by atoms with Gasteiger partial charge in [0.05, 0.1) is 0 Å². The van der Waals surface area contributed by atoms with Gasteiger partial charge in [-0.1, -0.05) is 34.6 Å². The molecule has 2 rings (SSSR count). The fourth-order valence-electron chi connectivity index (χ4n) is 2.90. The number of hydrogen-bond acceptors (Lipinski definition) is 3. The second kappa shape index (κ2) is 5.32. The maximum absolute atomic E-state index is 12.4. The van der Waals surface area contributed by atoms with Crippen LogP contribution in [0.1, 0.15) is 69.9 Å². The zero-order valence-electron chi connectivity index (χ0n) is 13.8. The summed E-state index contributed by atoms with van der Waals surface area (Å²) >= 11 is 0. The molecule has 0 bridgehead atoms. The highest BCUT2D eigenvalue weighted by molar-refractivity contribution is 5.95. The van der Waals surface area contributed by atoms with E-state index in [0.717, 1.165) is 25.0 Å². The van der Waals surface area contributed by atoms with E-state index in [2.05, 4.69) is 44.9 Å². The van der Waals surface area contributed by atoms with Crippen LogP contribution in [-0.4, -0.2) is 16.9 Å². The highest BCUT2D eigenvalue weighted by Crippen LogP contribution is 2.37. The fraction of sp³-hybridized carbons (Fsp3) is 0.647. The predicted octanol–water partition coefficient (Wildman–Crippen LogP) is 3.27. The minimum atomic E-state index is -0.125. The van der Waals surface area contributed by atoms with Gasteiger partial charge in [-0.25, -0.2) is 4.98 Å². The molecule has 0 spiro atoms. The molecule has 1 unspecified atom stereocenters. The summed E-state index contributed by atoms with van der Waals surface area (Å²) in [5.41, 5.74) is 7.51. The highest BCUT2D eigenvalue weighted by atomic mass is 16.1. The van der Waals surface area contributed by atoms with E-state index in [1.165, 1.54) is 0 Å².